The minimum atomic E-state index is 0.157. The summed E-state index contributed by atoms with van der Waals surface area (Å²) >= 11 is 0. The average molecular weight is 263 g/mol. The first-order valence-electron chi connectivity index (χ1n) is 7.33. The smallest absolute Gasteiger partial charge is 0.115 e. The lowest BCUT2D eigenvalue weighted by atomic mass is 9.76. The summed E-state index contributed by atoms with van der Waals surface area (Å²) in [5.41, 5.74) is 1.76. The fraction of sp³-hybridized carbons (Fsp3) is 0.647. The minimum absolute atomic E-state index is 0.157. The van der Waals surface area contributed by atoms with Gasteiger partial charge in [-0.3, -0.25) is 0 Å². The van der Waals surface area contributed by atoms with Crippen LogP contribution >= 0.6 is 0 Å². The number of rotatable bonds is 6. The third-order valence-electron chi connectivity index (χ3n) is 4.01. The van der Waals surface area contributed by atoms with Crippen LogP contribution in [0.25, 0.3) is 0 Å². The summed E-state index contributed by atoms with van der Waals surface area (Å²) < 4.78 is 0. The molecule has 2 nitrogen and oxygen atoms in total. The molecule has 0 saturated carbocycles. The fourth-order valence-corrected chi connectivity index (χ4v) is 2.31. The Labute approximate surface area is 118 Å². The summed E-state index contributed by atoms with van der Waals surface area (Å²) in [5, 5.41) is 13.0. The van der Waals surface area contributed by atoms with Gasteiger partial charge >= 0.3 is 0 Å². The molecule has 2 heteroatoms. The van der Waals surface area contributed by atoms with Crippen LogP contribution in [-0.2, 0) is 6.42 Å². The van der Waals surface area contributed by atoms with Crippen molar-refractivity contribution in [1.82, 2.24) is 5.32 Å². The molecule has 0 heterocycles. The van der Waals surface area contributed by atoms with E-state index in [0.717, 1.165) is 25.8 Å². The van der Waals surface area contributed by atoms with E-state index in [1.165, 1.54) is 5.56 Å². The molecule has 2 N–H and O–H groups in total. The summed E-state index contributed by atoms with van der Waals surface area (Å²) in [5.74, 6) is 0.343. The van der Waals surface area contributed by atoms with E-state index in [9.17, 15) is 5.11 Å². The van der Waals surface area contributed by atoms with Crippen LogP contribution in [0.1, 0.15) is 53.0 Å². The molecule has 1 aromatic carbocycles. The number of hydrogen-bond donors (Lipinski definition) is 2. The van der Waals surface area contributed by atoms with Gasteiger partial charge in [-0.1, -0.05) is 26.0 Å². The Morgan fingerprint density at radius 3 is 1.95 bits per heavy atom. The molecule has 0 aliphatic heterocycles. The van der Waals surface area contributed by atoms with Gasteiger partial charge < -0.3 is 10.4 Å². The molecule has 0 unspecified atom stereocenters. The molecule has 1 rings (SSSR count). The van der Waals surface area contributed by atoms with Crippen LogP contribution in [0.3, 0.4) is 0 Å². The van der Waals surface area contributed by atoms with E-state index < -0.39 is 0 Å². The molecular weight excluding hydrogens is 234 g/mol. The molecular formula is C17H29NO. The second-order valence-electron chi connectivity index (χ2n) is 6.65. The first-order chi connectivity index (χ1) is 8.80. The quantitative estimate of drug-likeness (QED) is 0.809. The molecule has 108 valence electrons. The Kier molecular flexibility index (Phi) is 5.42. The van der Waals surface area contributed by atoms with Gasteiger partial charge in [0, 0.05) is 12.1 Å². The normalized spacial score (nSPS) is 12.7. The lowest BCUT2D eigenvalue weighted by Gasteiger charge is -2.35. The van der Waals surface area contributed by atoms with E-state index in [1.54, 1.807) is 12.1 Å². The highest BCUT2D eigenvalue weighted by Crippen LogP contribution is 2.31. The van der Waals surface area contributed by atoms with Gasteiger partial charge in [0.1, 0.15) is 5.75 Å². The molecule has 0 atom stereocenters. The lowest BCUT2D eigenvalue weighted by Crippen LogP contribution is -2.44. The van der Waals surface area contributed by atoms with Crippen molar-refractivity contribution in [2.45, 2.75) is 59.4 Å². The molecule has 0 fully saturated rings. The van der Waals surface area contributed by atoms with Gasteiger partial charge in [0.15, 0.2) is 0 Å². The van der Waals surface area contributed by atoms with E-state index in [4.69, 9.17) is 0 Å². The predicted octanol–water partition coefficient (Wildman–Crippen LogP) is 4.13. The summed E-state index contributed by atoms with van der Waals surface area (Å²) in [6, 6.07) is 7.63. The molecule has 0 aromatic heterocycles. The molecule has 0 bridgehead atoms. The largest absolute Gasteiger partial charge is 0.508 e. The fourth-order valence-electron chi connectivity index (χ4n) is 2.31. The SMILES string of the molecule is CCC(CC)(CNC(C)(C)C)Cc1ccc(O)cc1. The number of nitrogens with one attached hydrogen (secondary N) is 1. The average Bonchev–Trinajstić information content (AvgIpc) is 2.36. The van der Waals surface area contributed by atoms with Crippen molar-refractivity contribution in [2.24, 2.45) is 5.41 Å². The van der Waals surface area contributed by atoms with Crippen molar-refractivity contribution in [3.8, 4) is 5.75 Å². The number of hydrogen-bond acceptors (Lipinski definition) is 2. The van der Waals surface area contributed by atoms with Gasteiger partial charge in [-0.05, 0) is 63.1 Å². The number of benzene rings is 1. The Bertz CT molecular complexity index is 371. The maximum absolute atomic E-state index is 9.37. The molecule has 19 heavy (non-hydrogen) atoms. The second kappa shape index (κ2) is 6.42. The first kappa shape index (κ1) is 16.0. The van der Waals surface area contributed by atoms with Gasteiger partial charge in [0.2, 0.25) is 0 Å². The van der Waals surface area contributed by atoms with Crippen molar-refractivity contribution >= 4 is 0 Å². The summed E-state index contributed by atoms with van der Waals surface area (Å²) in [4.78, 5) is 0. The molecule has 1 aromatic rings. The lowest BCUT2D eigenvalue weighted by molar-refractivity contribution is 0.220. The maximum atomic E-state index is 9.37. The summed E-state index contributed by atoms with van der Waals surface area (Å²) in [7, 11) is 0. The molecule has 0 aliphatic rings. The van der Waals surface area contributed by atoms with E-state index in [2.05, 4.69) is 39.9 Å². The summed E-state index contributed by atoms with van der Waals surface area (Å²) in [6.45, 7) is 12.2. The molecule has 0 saturated heterocycles. The zero-order chi connectivity index (χ0) is 14.5. The van der Waals surface area contributed by atoms with Crippen molar-refractivity contribution in [3.63, 3.8) is 0 Å². The third kappa shape index (κ3) is 5.23. The highest BCUT2D eigenvalue weighted by Gasteiger charge is 2.28. The Hall–Kier alpha value is -1.02. The number of phenols is 1. The Balaban J connectivity index is 2.78. The topological polar surface area (TPSA) is 32.3 Å². The highest BCUT2D eigenvalue weighted by molar-refractivity contribution is 5.26. The first-order valence-corrected chi connectivity index (χ1v) is 7.33. The van der Waals surface area contributed by atoms with Crippen molar-refractivity contribution < 1.29 is 5.11 Å². The van der Waals surface area contributed by atoms with Crippen LogP contribution in [-0.4, -0.2) is 17.2 Å². The van der Waals surface area contributed by atoms with Gasteiger partial charge in [0.25, 0.3) is 0 Å². The minimum Gasteiger partial charge on any atom is -0.508 e. The molecule has 0 radical (unpaired) electrons. The van der Waals surface area contributed by atoms with Gasteiger partial charge in [0.05, 0.1) is 0 Å². The third-order valence-corrected chi connectivity index (χ3v) is 4.01. The number of phenolic OH excluding ortho intramolecular Hbond substituents is 1. The zero-order valence-corrected chi connectivity index (χ0v) is 13.1. The van der Waals surface area contributed by atoms with Crippen LogP contribution in [0, 0.1) is 5.41 Å². The van der Waals surface area contributed by atoms with E-state index in [1.807, 2.05) is 12.1 Å². The predicted molar refractivity (Wildman–Crippen MR) is 82.6 cm³/mol. The maximum Gasteiger partial charge on any atom is 0.115 e. The van der Waals surface area contributed by atoms with E-state index in [-0.39, 0.29) is 5.54 Å². The van der Waals surface area contributed by atoms with Crippen molar-refractivity contribution in [1.29, 1.82) is 0 Å². The van der Waals surface area contributed by atoms with Crippen LogP contribution in [0.15, 0.2) is 24.3 Å². The molecule has 0 amide bonds. The van der Waals surface area contributed by atoms with Gasteiger partial charge in [-0.2, -0.15) is 0 Å². The van der Waals surface area contributed by atoms with Gasteiger partial charge in [-0.15, -0.1) is 0 Å². The zero-order valence-electron chi connectivity index (χ0n) is 13.1. The van der Waals surface area contributed by atoms with Crippen LogP contribution in [0.2, 0.25) is 0 Å². The van der Waals surface area contributed by atoms with E-state index in [0.29, 0.717) is 11.2 Å². The van der Waals surface area contributed by atoms with Crippen LogP contribution in [0.4, 0.5) is 0 Å². The highest BCUT2D eigenvalue weighted by atomic mass is 16.3. The van der Waals surface area contributed by atoms with Crippen molar-refractivity contribution in [3.05, 3.63) is 29.8 Å². The number of aromatic hydroxyl groups is 1. The Morgan fingerprint density at radius 2 is 1.53 bits per heavy atom. The van der Waals surface area contributed by atoms with E-state index >= 15 is 0 Å². The molecule has 0 spiro atoms. The monoisotopic (exact) mass is 263 g/mol. The van der Waals surface area contributed by atoms with Crippen LogP contribution in [0.5, 0.6) is 5.75 Å². The van der Waals surface area contributed by atoms with Gasteiger partial charge in [-0.25, -0.2) is 0 Å². The Morgan fingerprint density at radius 1 is 1.00 bits per heavy atom. The standard InChI is InChI=1S/C17H29NO/c1-6-17(7-2,13-18-16(3,4)5)12-14-8-10-15(19)11-9-14/h8-11,18-19H,6-7,12-13H2,1-5H3. The second-order valence-corrected chi connectivity index (χ2v) is 6.65. The molecule has 0 aliphatic carbocycles. The summed E-state index contributed by atoms with van der Waals surface area (Å²) in [6.07, 6.45) is 3.38. The van der Waals surface area contributed by atoms with Crippen molar-refractivity contribution in [2.75, 3.05) is 6.54 Å². The van der Waals surface area contributed by atoms with Crippen LogP contribution < -0.4 is 5.32 Å².